The fraction of sp³-hybridized carbons (Fsp3) is 0.0857. The van der Waals surface area contributed by atoms with E-state index in [0.717, 1.165) is 27.8 Å². The van der Waals surface area contributed by atoms with Crippen LogP contribution in [0.3, 0.4) is 0 Å². The van der Waals surface area contributed by atoms with Crippen molar-refractivity contribution in [2.45, 2.75) is 11.8 Å². The smallest absolute Gasteiger partial charge is 0.255 e. The van der Waals surface area contributed by atoms with E-state index >= 15 is 0 Å². The van der Waals surface area contributed by atoms with Crippen LogP contribution in [0.1, 0.15) is 50.0 Å². The summed E-state index contributed by atoms with van der Waals surface area (Å²) < 4.78 is 0. The molecule has 5 nitrogen and oxygen atoms in total. The summed E-state index contributed by atoms with van der Waals surface area (Å²) in [5.41, 5.74) is 7.92. The standard InChI is InChI=1S/C35H30N2O3/c38-25-37-40-33-22-21-30(34(28-17-9-3-10-18-28)29-19-11-4-12-20-29)23-31(33)35(39)36-24-32(26-13-5-1-6-14-26)27-15-7-2-8-16-27/h1-23,25,32,34H,24H2,(H,36,39)(H,37,38). The molecule has 0 fully saturated rings. The van der Waals surface area contributed by atoms with E-state index < -0.39 is 0 Å². The molecule has 2 N–H and O–H groups in total. The molecule has 0 saturated heterocycles. The SMILES string of the molecule is O=CNOc1ccc(C(c2ccccc2)c2ccccc2)cc1C(=O)NCC(c1ccccc1)c1ccccc1. The number of carbonyl (C=O) groups excluding carboxylic acids is 2. The first-order chi connectivity index (χ1) is 19.7. The molecule has 40 heavy (non-hydrogen) atoms. The molecular formula is C35H30N2O3. The first kappa shape index (κ1) is 26.4. The summed E-state index contributed by atoms with van der Waals surface area (Å²) >= 11 is 0. The number of amides is 2. The molecule has 0 aliphatic heterocycles. The number of hydrogen-bond donors (Lipinski definition) is 2. The summed E-state index contributed by atoms with van der Waals surface area (Å²) in [6, 6.07) is 46.1. The molecular weight excluding hydrogens is 496 g/mol. The highest BCUT2D eigenvalue weighted by Gasteiger charge is 2.22. The predicted octanol–water partition coefficient (Wildman–Crippen LogP) is 6.47. The molecule has 0 spiro atoms. The summed E-state index contributed by atoms with van der Waals surface area (Å²) in [5.74, 6) is -0.151. The van der Waals surface area contributed by atoms with Gasteiger partial charge in [-0.05, 0) is 39.9 Å². The summed E-state index contributed by atoms with van der Waals surface area (Å²) in [6.45, 7) is 0.387. The Morgan fingerprint density at radius 2 is 1.10 bits per heavy atom. The zero-order chi connectivity index (χ0) is 27.6. The van der Waals surface area contributed by atoms with Gasteiger partial charge in [0.1, 0.15) is 0 Å². The maximum Gasteiger partial charge on any atom is 0.255 e. The van der Waals surface area contributed by atoms with Crippen molar-refractivity contribution in [3.8, 4) is 5.75 Å². The van der Waals surface area contributed by atoms with Crippen molar-refractivity contribution in [3.63, 3.8) is 0 Å². The number of benzene rings is 5. The van der Waals surface area contributed by atoms with Crippen molar-refractivity contribution in [2.24, 2.45) is 0 Å². The molecule has 0 unspecified atom stereocenters. The highest BCUT2D eigenvalue weighted by Crippen LogP contribution is 2.34. The van der Waals surface area contributed by atoms with Crippen molar-refractivity contribution in [1.82, 2.24) is 10.8 Å². The van der Waals surface area contributed by atoms with E-state index in [1.165, 1.54) is 0 Å². The van der Waals surface area contributed by atoms with Crippen molar-refractivity contribution >= 4 is 12.3 Å². The quantitative estimate of drug-likeness (QED) is 0.118. The molecule has 2 amide bonds. The maximum absolute atomic E-state index is 13.7. The van der Waals surface area contributed by atoms with Crippen LogP contribution >= 0.6 is 0 Å². The van der Waals surface area contributed by atoms with Crippen molar-refractivity contribution in [2.75, 3.05) is 6.54 Å². The minimum Gasteiger partial charge on any atom is -0.379 e. The monoisotopic (exact) mass is 526 g/mol. The second-order valence-corrected chi connectivity index (χ2v) is 9.43. The number of hydroxylamine groups is 1. The van der Waals surface area contributed by atoms with E-state index in [4.69, 9.17) is 4.84 Å². The topological polar surface area (TPSA) is 67.4 Å². The van der Waals surface area contributed by atoms with E-state index in [9.17, 15) is 9.59 Å². The predicted molar refractivity (Wildman–Crippen MR) is 157 cm³/mol. The average Bonchev–Trinajstić information content (AvgIpc) is 3.02. The second kappa shape index (κ2) is 13.1. The van der Waals surface area contributed by atoms with E-state index in [1.54, 1.807) is 6.07 Å². The van der Waals surface area contributed by atoms with Gasteiger partial charge in [-0.2, -0.15) is 5.48 Å². The lowest BCUT2D eigenvalue weighted by Gasteiger charge is -2.22. The van der Waals surface area contributed by atoms with E-state index in [-0.39, 0.29) is 23.5 Å². The summed E-state index contributed by atoms with van der Waals surface area (Å²) in [4.78, 5) is 30.2. The molecule has 0 bridgehead atoms. The van der Waals surface area contributed by atoms with Crippen LogP contribution in [0.4, 0.5) is 0 Å². The molecule has 0 aliphatic carbocycles. The van der Waals surface area contributed by atoms with Crippen LogP contribution in [0.25, 0.3) is 0 Å². The van der Waals surface area contributed by atoms with Gasteiger partial charge in [0.25, 0.3) is 5.91 Å². The highest BCUT2D eigenvalue weighted by atomic mass is 16.7. The third-order valence-electron chi connectivity index (χ3n) is 6.94. The van der Waals surface area contributed by atoms with Gasteiger partial charge in [0.15, 0.2) is 5.75 Å². The lowest BCUT2D eigenvalue weighted by Crippen LogP contribution is -2.30. The number of rotatable bonds is 11. The second-order valence-electron chi connectivity index (χ2n) is 9.43. The third kappa shape index (κ3) is 6.27. The van der Waals surface area contributed by atoms with Crippen LogP contribution in [-0.4, -0.2) is 18.9 Å². The van der Waals surface area contributed by atoms with E-state index in [1.807, 2.05) is 84.9 Å². The largest absolute Gasteiger partial charge is 0.379 e. The summed E-state index contributed by atoms with van der Waals surface area (Å²) in [7, 11) is 0. The van der Waals surface area contributed by atoms with Crippen molar-refractivity contribution in [3.05, 3.63) is 173 Å². The Morgan fingerprint density at radius 3 is 1.57 bits per heavy atom. The molecule has 5 heteroatoms. The normalized spacial score (nSPS) is 10.8. The molecule has 198 valence electrons. The van der Waals surface area contributed by atoms with Gasteiger partial charge in [-0.1, -0.05) is 127 Å². The van der Waals surface area contributed by atoms with Crippen LogP contribution in [-0.2, 0) is 4.79 Å². The summed E-state index contributed by atoms with van der Waals surface area (Å²) in [5, 5.41) is 3.12. The van der Waals surface area contributed by atoms with Gasteiger partial charge < -0.3 is 10.2 Å². The van der Waals surface area contributed by atoms with Crippen LogP contribution in [0.5, 0.6) is 5.75 Å². The first-order valence-electron chi connectivity index (χ1n) is 13.2. The summed E-state index contributed by atoms with van der Waals surface area (Å²) in [6.07, 6.45) is 0.438. The fourth-order valence-electron chi connectivity index (χ4n) is 5.04. The van der Waals surface area contributed by atoms with Gasteiger partial charge in [0, 0.05) is 18.4 Å². The third-order valence-corrected chi connectivity index (χ3v) is 6.94. The molecule has 5 rings (SSSR count). The molecule has 0 atom stereocenters. The Labute approximate surface area is 234 Å². The number of carbonyl (C=O) groups is 2. The number of nitrogens with one attached hydrogen (secondary N) is 2. The highest BCUT2D eigenvalue weighted by molar-refractivity contribution is 5.97. The van der Waals surface area contributed by atoms with Gasteiger partial charge >= 0.3 is 0 Å². The zero-order valence-electron chi connectivity index (χ0n) is 21.9. The molecule has 0 aromatic heterocycles. The Hall–Kier alpha value is -5.16. The number of hydrogen-bond acceptors (Lipinski definition) is 3. The van der Waals surface area contributed by atoms with Crippen molar-refractivity contribution in [1.29, 1.82) is 0 Å². The van der Waals surface area contributed by atoms with Gasteiger partial charge in [-0.3, -0.25) is 9.59 Å². The van der Waals surface area contributed by atoms with E-state index in [2.05, 4.69) is 59.3 Å². The molecule has 0 aliphatic rings. The van der Waals surface area contributed by atoms with E-state index in [0.29, 0.717) is 18.5 Å². The molecule has 0 radical (unpaired) electrons. The van der Waals surface area contributed by atoms with Crippen LogP contribution < -0.4 is 15.6 Å². The molecule has 5 aromatic rings. The van der Waals surface area contributed by atoms with Crippen LogP contribution in [0.15, 0.2) is 140 Å². The molecule has 0 heterocycles. The molecule has 5 aromatic carbocycles. The van der Waals surface area contributed by atoms with Crippen LogP contribution in [0.2, 0.25) is 0 Å². The van der Waals surface area contributed by atoms with Gasteiger partial charge in [0.05, 0.1) is 5.56 Å². The van der Waals surface area contributed by atoms with Gasteiger partial charge in [-0.15, -0.1) is 0 Å². The Balaban J connectivity index is 1.49. The molecule has 0 saturated carbocycles. The fourth-order valence-corrected chi connectivity index (χ4v) is 5.04. The Bertz CT molecular complexity index is 1450. The average molecular weight is 527 g/mol. The zero-order valence-corrected chi connectivity index (χ0v) is 21.9. The first-order valence-corrected chi connectivity index (χ1v) is 13.2. The lowest BCUT2D eigenvalue weighted by atomic mass is 9.84. The minimum absolute atomic E-state index is 0.0339. The maximum atomic E-state index is 13.7. The van der Waals surface area contributed by atoms with Gasteiger partial charge in [-0.25, -0.2) is 0 Å². The van der Waals surface area contributed by atoms with Crippen molar-refractivity contribution < 1.29 is 14.4 Å². The Morgan fingerprint density at radius 1 is 0.625 bits per heavy atom. The minimum atomic E-state index is -0.290. The lowest BCUT2D eigenvalue weighted by molar-refractivity contribution is -0.115. The van der Waals surface area contributed by atoms with Gasteiger partial charge in [0.2, 0.25) is 6.41 Å². The Kier molecular flexibility index (Phi) is 8.64. The van der Waals surface area contributed by atoms with Crippen LogP contribution in [0, 0.1) is 0 Å².